The van der Waals surface area contributed by atoms with Gasteiger partial charge < -0.3 is 11.1 Å². The molecule has 1 aromatic rings. The fraction of sp³-hybridized carbons (Fsp3) is 0.667. The summed E-state index contributed by atoms with van der Waals surface area (Å²) < 4.78 is 13.5. The molecule has 3 N–H and O–H groups in total. The molecule has 7 heteroatoms. The average Bonchev–Trinajstić information content (AvgIpc) is 2.72. The van der Waals surface area contributed by atoms with E-state index in [2.05, 4.69) is 15.6 Å². The van der Waals surface area contributed by atoms with Crippen LogP contribution in [0.3, 0.4) is 0 Å². The molecule has 0 aromatic carbocycles. The van der Waals surface area contributed by atoms with Crippen LogP contribution in [0, 0.1) is 0 Å². The lowest BCUT2D eigenvalue weighted by Gasteiger charge is -2.06. The van der Waals surface area contributed by atoms with Crippen LogP contribution in [-0.4, -0.2) is 40.7 Å². The second-order valence-electron chi connectivity index (χ2n) is 3.44. The van der Waals surface area contributed by atoms with Gasteiger partial charge in [0.15, 0.2) is 0 Å². The van der Waals surface area contributed by atoms with Crippen LogP contribution in [0.1, 0.15) is 12.1 Å². The Kier molecular flexibility index (Phi) is 4.84. The van der Waals surface area contributed by atoms with Gasteiger partial charge in [0.2, 0.25) is 5.91 Å². The predicted molar refractivity (Wildman–Crippen MR) is 56.4 cm³/mol. The van der Waals surface area contributed by atoms with Crippen LogP contribution >= 0.6 is 0 Å². The number of aromatic nitrogens is 3. The Balaban J connectivity index is 2.48. The molecule has 0 saturated heterocycles. The van der Waals surface area contributed by atoms with E-state index >= 15 is 0 Å². The van der Waals surface area contributed by atoms with Gasteiger partial charge in [0.25, 0.3) is 0 Å². The zero-order chi connectivity index (χ0) is 12.0. The zero-order valence-corrected chi connectivity index (χ0v) is 9.19. The Labute approximate surface area is 93.0 Å². The van der Waals surface area contributed by atoms with E-state index in [1.54, 1.807) is 10.9 Å². The number of nitrogens with one attached hydrogen (secondary N) is 1. The van der Waals surface area contributed by atoms with Crippen LogP contribution in [0.2, 0.25) is 0 Å². The van der Waals surface area contributed by atoms with Crippen molar-refractivity contribution in [1.29, 1.82) is 0 Å². The molecule has 1 heterocycles. The monoisotopic (exact) mass is 228 g/mol. The SMILES string of the molecule is CNC(=O)C(N)Cc1cn(CCC[18F])nn1. The molecule has 0 aliphatic carbocycles. The van der Waals surface area contributed by atoms with Gasteiger partial charge in [-0.05, 0) is 6.42 Å². The summed E-state index contributed by atoms with van der Waals surface area (Å²) in [7, 11) is 1.53. The summed E-state index contributed by atoms with van der Waals surface area (Å²) in [6, 6.07) is -0.628. The van der Waals surface area contributed by atoms with Crippen molar-refractivity contribution in [1.82, 2.24) is 20.3 Å². The molecule has 1 amide bonds. The minimum absolute atomic E-state index is 0.238. The zero-order valence-electron chi connectivity index (χ0n) is 9.19. The molecule has 0 aliphatic rings. The minimum Gasteiger partial charge on any atom is -0.358 e. The van der Waals surface area contributed by atoms with Crippen molar-refractivity contribution < 1.29 is 9.18 Å². The third-order valence-electron chi connectivity index (χ3n) is 2.12. The number of aryl methyl sites for hydroxylation is 1. The molecule has 1 atom stereocenters. The first-order valence-corrected chi connectivity index (χ1v) is 5.09. The van der Waals surface area contributed by atoms with Crippen LogP contribution in [0.25, 0.3) is 0 Å². The highest BCUT2D eigenvalue weighted by atomic mass is 18.2. The van der Waals surface area contributed by atoms with Crippen molar-refractivity contribution in [3.05, 3.63) is 11.9 Å². The summed E-state index contributed by atoms with van der Waals surface area (Å²) in [5, 5.41) is 10.1. The molecule has 1 rings (SSSR count). The highest BCUT2D eigenvalue weighted by Crippen LogP contribution is 1.99. The number of nitrogens with zero attached hydrogens (tertiary/aromatic N) is 3. The van der Waals surface area contributed by atoms with E-state index in [1.165, 1.54) is 7.05 Å². The van der Waals surface area contributed by atoms with Gasteiger partial charge in [0, 0.05) is 26.2 Å². The lowest BCUT2D eigenvalue weighted by molar-refractivity contribution is -0.121. The molecule has 1 unspecified atom stereocenters. The molecule has 6 nitrogen and oxygen atoms in total. The summed E-state index contributed by atoms with van der Waals surface area (Å²) in [5.74, 6) is -0.238. The van der Waals surface area contributed by atoms with Crippen LogP contribution in [-0.2, 0) is 17.8 Å². The Morgan fingerprint density at radius 3 is 3.12 bits per heavy atom. The van der Waals surface area contributed by atoms with E-state index in [-0.39, 0.29) is 12.6 Å². The van der Waals surface area contributed by atoms with E-state index < -0.39 is 6.04 Å². The molecule has 90 valence electrons. The first-order chi connectivity index (χ1) is 7.67. The number of hydrogen-bond acceptors (Lipinski definition) is 4. The molecular weight excluding hydrogens is 212 g/mol. The molecule has 0 aliphatic heterocycles. The summed E-state index contributed by atoms with van der Waals surface area (Å²) in [6.07, 6.45) is 2.41. The molecule has 0 saturated carbocycles. The van der Waals surface area contributed by atoms with Gasteiger partial charge in [-0.2, -0.15) is 0 Å². The predicted octanol–water partition coefficient (Wildman–Crippen LogP) is -0.747. The number of carbonyl (C=O) groups is 1. The largest absolute Gasteiger partial charge is 0.358 e. The standard InChI is InChI=1S/C9H16FN5O/c1-12-9(16)8(11)5-7-6-15(14-13-7)4-2-3-10/h6,8H,2-5,11H2,1H3,(H,12,16)/i10-1. The Morgan fingerprint density at radius 2 is 2.50 bits per heavy atom. The van der Waals surface area contributed by atoms with Gasteiger partial charge in [-0.1, -0.05) is 5.21 Å². The number of amides is 1. The van der Waals surface area contributed by atoms with Gasteiger partial charge >= 0.3 is 0 Å². The van der Waals surface area contributed by atoms with Gasteiger partial charge in [-0.25, -0.2) is 0 Å². The van der Waals surface area contributed by atoms with Gasteiger partial charge in [0.1, 0.15) is 0 Å². The first-order valence-electron chi connectivity index (χ1n) is 5.09. The second-order valence-corrected chi connectivity index (χ2v) is 3.44. The van der Waals surface area contributed by atoms with E-state index in [0.29, 0.717) is 25.1 Å². The third-order valence-corrected chi connectivity index (χ3v) is 2.12. The summed E-state index contributed by atoms with van der Waals surface area (Å²) >= 11 is 0. The smallest absolute Gasteiger partial charge is 0.237 e. The van der Waals surface area contributed by atoms with Crippen LogP contribution in [0.5, 0.6) is 0 Å². The molecule has 0 spiro atoms. The third kappa shape index (κ3) is 3.58. The maximum Gasteiger partial charge on any atom is 0.237 e. The number of nitrogens with two attached hydrogens (primary N) is 1. The first kappa shape index (κ1) is 12.6. The fourth-order valence-corrected chi connectivity index (χ4v) is 1.27. The molecule has 0 radical (unpaired) electrons. The molecule has 0 bridgehead atoms. The second kappa shape index (κ2) is 6.16. The van der Waals surface area contributed by atoms with Crippen molar-refractivity contribution in [3.8, 4) is 0 Å². The molecule has 16 heavy (non-hydrogen) atoms. The van der Waals surface area contributed by atoms with E-state index in [9.17, 15) is 9.18 Å². The van der Waals surface area contributed by atoms with E-state index in [0.717, 1.165) is 0 Å². The maximum absolute atomic E-state index is 11.9. The number of alkyl halides is 1. The lowest BCUT2D eigenvalue weighted by atomic mass is 10.2. The van der Waals surface area contributed by atoms with Crippen molar-refractivity contribution in [2.24, 2.45) is 5.73 Å². The van der Waals surface area contributed by atoms with Crippen molar-refractivity contribution >= 4 is 5.91 Å². The van der Waals surface area contributed by atoms with E-state index in [1.807, 2.05) is 0 Å². The molecule has 0 fully saturated rings. The highest BCUT2D eigenvalue weighted by molar-refractivity contribution is 5.81. The van der Waals surface area contributed by atoms with Gasteiger partial charge in [-0.3, -0.25) is 13.9 Å². The Bertz CT molecular complexity index is 340. The Hall–Kier alpha value is -1.50. The summed E-state index contributed by atoms with van der Waals surface area (Å²) in [6.45, 7) is 0.103. The van der Waals surface area contributed by atoms with Crippen molar-refractivity contribution in [2.45, 2.75) is 25.4 Å². The highest BCUT2D eigenvalue weighted by Gasteiger charge is 2.14. The number of likely N-dealkylation sites (N-methyl/N-ethyl adjacent to an activating group) is 1. The number of halogens is 1. The number of carbonyl (C=O) groups excluding carboxylic acids is 1. The van der Waals surface area contributed by atoms with Crippen LogP contribution in [0.15, 0.2) is 6.20 Å². The number of rotatable bonds is 6. The normalized spacial score (nSPS) is 12.4. The summed E-state index contributed by atoms with van der Waals surface area (Å²) in [4.78, 5) is 11.2. The summed E-state index contributed by atoms with van der Waals surface area (Å²) in [5.41, 5.74) is 6.25. The molecule has 1 aromatic heterocycles. The molecular formula is C9H16FN5O. The fourth-order valence-electron chi connectivity index (χ4n) is 1.27. The maximum atomic E-state index is 11.9. The van der Waals surface area contributed by atoms with Crippen LogP contribution < -0.4 is 11.1 Å². The van der Waals surface area contributed by atoms with Crippen molar-refractivity contribution in [2.75, 3.05) is 13.7 Å². The average molecular weight is 228 g/mol. The number of hydrogen-bond donors (Lipinski definition) is 2. The topological polar surface area (TPSA) is 85.8 Å². The van der Waals surface area contributed by atoms with Gasteiger partial charge in [-0.15, -0.1) is 5.10 Å². The van der Waals surface area contributed by atoms with E-state index in [4.69, 9.17) is 5.73 Å². The quantitative estimate of drug-likeness (QED) is 0.671. The van der Waals surface area contributed by atoms with Crippen molar-refractivity contribution in [3.63, 3.8) is 0 Å². The Morgan fingerprint density at radius 1 is 1.75 bits per heavy atom. The van der Waals surface area contributed by atoms with Crippen LogP contribution in [0.4, 0.5) is 4.39 Å². The lowest BCUT2D eigenvalue weighted by Crippen LogP contribution is -2.40. The van der Waals surface area contributed by atoms with Gasteiger partial charge in [0.05, 0.1) is 18.4 Å². The minimum atomic E-state index is -0.628.